The van der Waals surface area contributed by atoms with Crippen molar-refractivity contribution in [1.29, 1.82) is 0 Å². The van der Waals surface area contributed by atoms with E-state index in [1.54, 1.807) is 6.33 Å². The summed E-state index contributed by atoms with van der Waals surface area (Å²) >= 11 is 0. The number of carbonyl (C=O) groups excluding carboxylic acids is 1. The van der Waals surface area contributed by atoms with Crippen molar-refractivity contribution in [2.45, 2.75) is 32.7 Å². The molecule has 1 aromatic rings. The summed E-state index contributed by atoms with van der Waals surface area (Å²) in [7, 11) is 1.88. The summed E-state index contributed by atoms with van der Waals surface area (Å²) < 4.78 is 1.84. The highest BCUT2D eigenvalue weighted by Gasteiger charge is 2.11. The molecule has 0 saturated heterocycles. The van der Waals surface area contributed by atoms with E-state index >= 15 is 0 Å². The van der Waals surface area contributed by atoms with Gasteiger partial charge in [0.05, 0.1) is 12.6 Å². The Labute approximate surface area is 102 Å². The van der Waals surface area contributed by atoms with E-state index in [0.717, 1.165) is 25.2 Å². The van der Waals surface area contributed by atoms with E-state index in [-0.39, 0.29) is 11.9 Å². The third-order valence-electron chi connectivity index (χ3n) is 2.56. The summed E-state index contributed by atoms with van der Waals surface area (Å²) in [5.74, 6) is 0.846. The molecule has 1 rings (SSSR count). The lowest BCUT2D eigenvalue weighted by atomic mass is 10.3. The highest BCUT2D eigenvalue weighted by atomic mass is 16.1. The third kappa shape index (κ3) is 4.52. The zero-order valence-corrected chi connectivity index (χ0v) is 10.7. The van der Waals surface area contributed by atoms with Crippen molar-refractivity contribution in [2.24, 2.45) is 7.05 Å². The Morgan fingerprint density at radius 2 is 2.35 bits per heavy atom. The fourth-order valence-electron chi connectivity index (χ4n) is 1.49. The molecule has 96 valence electrons. The minimum atomic E-state index is 0.0134. The maximum atomic E-state index is 11.5. The average molecular weight is 239 g/mol. The van der Waals surface area contributed by atoms with Gasteiger partial charge in [-0.05, 0) is 13.3 Å². The van der Waals surface area contributed by atoms with Crippen LogP contribution in [0.5, 0.6) is 0 Å². The van der Waals surface area contributed by atoms with Crippen molar-refractivity contribution in [1.82, 2.24) is 25.4 Å². The van der Waals surface area contributed by atoms with Gasteiger partial charge in [-0.2, -0.15) is 0 Å². The summed E-state index contributed by atoms with van der Waals surface area (Å²) in [6.07, 6.45) is 3.75. The molecule has 6 heteroatoms. The van der Waals surface area contributed by atoms with Crippen LogP contribution in [0.1, 0.15) is 38.6 Å². The third-order valence-corrected chi connectivity index (χ3v) is 2.56. The van der Waals surface area contributed by atoms with Crippen molar-refractivity contribution >= 4 is 5.91 Å². The predicted octanol–water partition coefficient (Wildman–Crippen LogP) is 0.382. The summed E-state index contributed by atoms with van der Waals surface area (Å²) in [5.41, 5.74) is 0. The van der Waals surface area contributed by atoms with E-state index in [2.05, 4.69) is 27.8 Å². The topological polar surface area (TPSA) is 71.8 Å². The van der Waals surface area contributed by atoms with E-state index in [4.69, 9.17) is 0 Å². The fraction of sp³-hybridized carbons (Fsp3) is 0.727. The number of aryl methyl sites for hydroxylation is 1. The molecule has 1 amide bonds. The van der Waals surface area contributed by atoms with E-state index in [1.807, 2.05) is 18.5 Å². The molecule has 0 radical (unpaired) electrons. The normalized spacial score (nSPS) is 12.4. The standard InChI is InChI=1S/C11H21N5O/c1-4-5-6-12-10(17)7-13-9(2)11-15-14-8-16(11)3/h8-9,13H,4-7H2,1-3H3,(H,12,17). The molecule has 0 aliphatic heterocycles. The zero-order valence-electron chi connectivity index (χ0n) is 10.7. The molecule has 0 spiro atoms. The van der Waals surface area contributed by atoms with E-state index in [1.165, 1.54) is 0 Å². The minimum Gasteiger partial charge on any atom is -0.355 e. The first-order valence-corrected chi connectivity index (χ1v) is 5.99. The quantitative estimate of drug-likeness (QED) is 0.675. The first kappa shape index (κ1) is 13.6. The van der Waals surface area contributed by atoms with Crippen molar-refractivity contribution in [3.8, 4) is 0 Å². The Kier molecular flexibility index (Phi) is 5.62. The number of unbranched alkanes of at least 4 members (excludes halogenated alkanes) is 1. The molecule has 1 aromatic heterocycles. The maximum absolute atomic E-state index is 11.5. The molecule has 0 bridgehead atoms. The summed E-state index contributed by atoms with van der Waals surface area (Å²) in [4.78, 5) is 11.5. The minimum absolute atomic E-state index is 0.0134. The first-order valence-electron chi connectivity index (χ1n) is 5.99. The lowest BCUT2D eigenvalue weighted by Crippen LogP contribution is -2.36. The van der Waals surface area contributed by atoms with Gasteiger partial charge >= 0.3 is 0 Å². The second-order valence-electron chi connectivity index (χ2n) is 4.11. The largest absolute Gasteiger partial charge is 0.355 e. The SMILES string of the molecule is CCCCNC(=O)CNC(C)c1nncn1C. The maximum Gasteiger partial charge on any atom is 0.233 e. The monoisotopic (exact) mass is 239 g/mol. The Balaban J connectivity index is 2.26. The summed E-state index contributed by atoms with van der Waals surface area (Å²) in [5, 5.41) is 13.8. The number of nitrogens with one attached hydrogen (secondary N) is 2. The van der Waals surface area contributed by atoms with Gasteiger partial charge in [0.15, 0.2) is 0 Å². The summed E-state index contributed by atoms with van der Waals surface area (Å²) in [6, 6.07) is 0.0134. The van der Waals surface area contributed by atoms with Crippen LogP contribution in [0, 0.1) is 0 Å². The van der Waals surface area contributed by atoms with E-state index in [9.17, 15) is 4.79 Å². The molecule has 1 unspecified atom stereocenters. The molecule has 1 atom stereocenters. The van der Waals surface area contributed by atoms with Gasteiger partial charge < -0.3 is 9.88 Å². The summed E-state index contributed by atoms with van der Waals surface area (Å²) in [6.45, 7) is 5.11. The molecular formula is C11H21N5O. The number of hydrogen-bond acceptors (Lipinski definition) is 4. The number of amides is 1. The molecule has 17 heavy (non-hydrogen) atoms. The molecule has 0 fully saturated rings. The van der Waals surface area contributed by atoms with Crippen molar-refractivity contribution in [3.63, 3.8) is 0 Å². The molecule has 0 aliphatic carbocycles. The molecule has 0 aliphatic rings. The van der Waals surface area contributed by atoms with Gasteiger partial charge in [0.25, 0.3) is 0 Å². The van der Waals surface area contributed by atoms with Crippen LogP contribution < -0.4 is 10.6 Å². The van der Waals surface area contributed by atoms with Crippen molar-refractivity contribution < 1.29 is 4.79 Å². The number of rotatable bonds is 7. The van der Waals surface area contributed by atoms with Gasteiger partial charge in [0, 0.05) is 13.6 Å². The van der Waals surface area contributed by atoms with Gasteiger partial charge in [0.2, 0.25) is 5.91 Å². The molecular weight excluding hydrogens is 218 g/mol. The fourth-order valence-corrected chi connectivity index (χ4v) is 1.49. The lowest BCUT2D eigenvalue weighted by Gasteiger charge is -2.12. The molecule has 2 N–H and O–H groups in total. The van der Waals surface area contributed by atoms with E-state index in [0.29, 0.717) is 6.54 Å². The van der Waals surface area contributed by atoms with Crippen LogP contribution in [0.2, 0.25) is 0 Å². The molecule has 0 saturated carbocycles. The van der Waals surface area contributed by atoms with Crippen molar-refractivity contribution in [2.75, 3.05) is 13.1 Å². The van der Waals surface area contributed by atoms with Crippen LogP contribution >= 0.6 is 0 Å². The van der Waals surface area contributed by atoms with Gasteiger partial charge in [-0.3, -0.25) is 10.1 Å². The Bertz CT molecular complexity index is 349. The Morgan fingerprint density at radius 1 is 1.59 bits per heavy atom. The number of carbonyl (C=O) groups is 1. The lowest BCUT2D eigenvalue weighted by molar-refractivity contribution is -0.120. The van der Waals surface area contributed by atoms with E-state index < -0.39 is 0 Å². The second-order valence-corrected chi connectivity index (χ2v) is 4.11. The highest BCUT2D eigenvalue weighted by Crippen LogP contribution is 2.05. The number of nitrogens with zero attached hydrogens (tertiary/aromatic N) is 3. The predicted molar refractivity (Wildman–Crippen MR) is 65.3 cm³/mol. The first-order chi connectivity index (χ1) is 8.15. The van der Waals surface area contributed by atoms with Gasteiger partial charge in [0.1, 0.15) is 12.2 Å². The van der Waals surface area contributed by atoms with Crippen LogP contribution in [0.4, 0.5) is 0 Å². The molecule has 1 heterocycles. The Morgan fingerprint density at radius 3 is 2.94 bits per heavy atom. The van der Waals surface area contributed by atoms with Crippen LogP contribution in [0.15, 0.2) is 6.33 Å². The van der Waals surface area contributed by atoms with Crippen LogP contribution in [-0.4, -0.2) is 33.8 Å². The second kappa shape index (κ2) is 7.01. The Hall–Kier alpha value is -1.43. The zero-order chi connectivity index (χ0) is 12.7. The number of hydrogen-bond donors (Lipinski definition) is 2. The van der Waals surface area contributed by atoms with Gasteiger partial charge in [-0.25, -0.2) is 0 Å². The highest BCUT2D eigenvalue weighted by molar-refractivity contribution is 5.77. The molecule has 6 nitrogen and oxygen atoms in total. The van der Waals surface area contributed by atoms with Crippen LogP contribution in [0.25, 0.3) is 0 Å². The molecule has 0 aromatic carbocycles. The van der Waals surface area contributed by atoms with Gasteiger partial charge in [-0.1, -0.05) is 13.3 Å². The smallest absolute Gasteiger partial charge is 0.233 e. The number of aromatic nitrogens is 3. The van der Waals surface area contributed by atoms with Gasteiger partial charge in [-0.15, -0.1) is 10.2 Å². The average Bonchev–Trinajstić information content (AvgIpc) is 2.73. The van der Waals surface area contributed by atoms with Crippen molar-refractivity contribution in [3.05, 3.63) is 12.2 Å². The van der Waals surface area contributed by atoms with Crippen LogP contribution in [-0.2, 0) is 11.8 Å². The van der Waals surface area contributed by atoms with Crippen LogP contribution in [0.3, 0.4) is 0 Å².